The van der Waals surface area contributed by atoms with Crippen molar-refractivity contribution >= 4 is 0 Å². The van der Waals surface area contributed by atoms with Gasteiger partial charge in [0, 0.05) is 25.2 Å². The molecule has 2 aliphatic rings. The van der Waals surface area contributed by atoms with Crippen LogP contribution in [0.5, 0.6) is 0 Å². The van der Waals surface area contributed by atoms with Gasteiger partial charge < -0.3 is 10.6 Å². The van der Waals surface area contributed by atoms with E-state index < -0.39 is 0 Å². The van der Waals surface area contributed by atoms with Gasteiger partial charge in [0.15, 0.2) is 0 Å². The monoisotopic (exact) mass is 111 g/mol. The first-order valence-corrected chi connectivity index (χ1v) is 3.21. The first-order valence-electron chi connectivity index (χ1n) is 3.21. The predicted molar refractivity (Wildman–Crippen MR) is 32.5 cm³/mol. The van der Waals surface area contributed by atoms with Gasteiger partial charge in [-0.3, -0.25) is 0 Å². The lowest BCUT2D eigenvalue weighted by Crippen LogP contribution is -2.50. The minimum Gasteiger partial charge on any atom is -0.314 e. The highest BCUT2D eigenvalue weighted by molar-refractivity contribution is 5.20. The Morgan fingerprint density at radius 1 is 1.38 bits per heavy atom. The maximum absolute atomic E-state index is 3.45. The number of hydrogen-bond donors (Lipinski definition) is 2. The highest BCUT2D eigenvalue weighted by Crippen LogP contribution is 2.33. The van der Waals surface area contributed by atoms with E-state index in [1.807, 2.05) is 0 Å². The Morgan fingerprint density at radius 2 is 2.25 bits per heavy atom. The van der Waals surface area contributed by atoms with Crippen LogP contribution in [0.15, 0.2) is 0 Å². The SMILES string of the molecule is [CH]1CC12CNCCN2. The minimum absolute atomic E-state index is 0.443. The fourth-order valence-corrected chi connectivity index (χ4v) is 1.19. The fraction of sp³-hybridized carbons (Fsp3) is 0.833. The molecule has 1 unspecified atom stereocenters. The molecule has 1 aliphatic heterocycles. The van der Waals surface area contributed by atoms with Crippen LogP contribution in [-0.4, -0.2) is 25.2 Å². The molecule has 1 spiro atoms. The molecule has 2 rings (SSSR count). The van der Waals surface area contributed by atoms with Crippen LogP contribution in [0.2, 0.25) is 0 Å². The summed E-state index contributed by atoms with van der Waals surface area (Å²) in [5, 5.41) is 6.80. The van der Waals surface area contributed by atoms with Crippen LogP contribution < -0.4 is 10.6 Å². The summed E-state index contributed by atoms with van der Waals surface area (Å²) < 4.78 is 0. The molecule has 0 aromatic carbocycles. The van der Waals surface area contributed by atoms with E-state index in [9.17, 15) is 0 Å². The van der Waals surface area contributed by atoms with E-state index in [0.717, 1.165) is 19.6 Å². The molecule has 0 bridgehead atoms. The van der Waals surface area contributed by atoms with Gasteiger partial charge in [0.1, 0.15) is 0 Å². The summed E-state index contributed by atoms with van der Waals surface area (Å²) in [7, 11) is 0. The maximum atomic E-state index is 3.45. The second-order valence-corrected chi connectivity index (χ2v) is 2.67. The van der Waals surface area contributed by atoms with Crippen LogP contribution in [0, 0.1) is 6.42 Å². The average molecular weight is 111 g/mol. The third-order valence-electron chi connectivity index (χ3n) is 1.92. The molecule has 1 saturated heterocycles. The number of rotatable bonds is 0. The summed E-state index contributed by atoms with van der Waals surface area (Å²) in [5.74, 6) is 0. The van der Waals surface area contributed by atoms with Gasteiger partial charge in [-0.05, 0) is 12.8 Å². The van der Waals surface area contributed by atoms with Crippen molar-refractivity contribution < 1.29 is 0 Å². The quantitative estimate of drug-likeness (QED) is 0.441. The summed E-state index contributed by atoms with van der Waals surface area (Å²) in [4.78, 5) is 0. The van der Waals surface area contributed by atoms with Crippen LogP contribution in [0.3, 0.4) is 0 Å². The lowest BCUT2D eigenvalue weighted by molar-refractivity contribution is 0.416. The first kappa shape index (κ1) is 4.77. The Kier molecular flexibility index (Phi) is 0.866. The number of nitrogens with one attached hydrogen (secondary N) is 2. The molecule has 1 saturated carbocycles. The lowest BCUT2D eigenvalue weighted by atomic mass is 10.2. The van der Waals surface area contributed by atoms with E-state index in [2.05, 4.69) is 17.1 Å². The van der Waals surface area contributed by atoms with Crippen molar-refractivity contribution in [1.82, 2.24) is 10.6 Å². The van der Waals surface area contributed by atoms with Gasteiger partial charge in [0.25, 0.3) is 0 Å². The summed E-state index contributed by atoms with van der Waals surface area (Å²) >= 11 is 0. The van der Waals surface area contributed by atoms with Crippen molar-refractivity contribution in [3.63, 3.8) is 0 Å². The third-order valence-corrected chi connectivity index (χ3v) is 1.92. The second kappa shape index (κ2) is 1.45. The molecule has 1 aliphatic carbocycles. The van der Waals surface area contributed by atoms with Crippen LogP contribution in [-0.2, 0) is 0 Å². The van der Waals surface area contributed by atoms with Crippen LogP contribution >= 0.6 is 0 Å². The van der Waals surface area contributed by atoms with E-state index in [0.29, 0.717) is 5.54 Å². The van der Waals surface area contributed by atoms with E-state index in [4.69, 9.17) is 0 Å². The average Bonchev–Trinajstić information content (AvgIpc) is 2.52. The van der Waals surface area contributed by atoms with Crippen molar-refractivity contribution in [2.75, 3.05) is 19.6 Å². The van der Waals surface area contributed by atoms with E-state index in [1.54, 1.807) is 0 Å². The molecule has 0 amide bonds. The Bertz CT molecular complexity index is 88.7. The molecule has 8 heavy (non-hydrogen) atoms. The molecule has 1 atom stereocenters. The van der Waals surface area contributed by atoms with Gasteiger partial charge in [-0.15, -0.1) is 0 Å². The molecule has 0 aromatic rings. The zero-order valence-electron chi connectivity index (χ0n) is 4.91. The fourth-order valence-electron chi connectivity index (χ4n) is 1.19. The molecule has 2 nitrogen and oxygen atoms in total. The number of piperazine rings is 1. The molecule has 45 valence electrons. The van der Waals surface area contributed by atoms with E-state index >= 15 is 0 Å². The van der Waals surface area contributed by atoms with Crippen molar-refractivity contribution in [3.05, 3.63) is 6.42 Å². The first-order chi connectivity index (χ1) is 3.91. The smallest absolute Gasteiger partial charge is 0.0342 e. The largest absolute Gasteiger partial charge is 0.314 e. The van der Waals surface area contributed by atoms with Crippen molar-refractivity contribution in [2.24, 2.45) is 0 Å². The third kappa shape index (κ3) is 0.644. The van der Waals surface area contributed by atoms with Crippen LogP contribution in [0.25, 0.3) is 0 Å². The summed E-state index contributed by atoms with van der Waals surface area (Å²) in [6.07, 6.45) is 3.60. The van der Waals surface area contributed by atoms with Gasteiger partial charge >= 0.3 is 0 Å². The van der Waals surface area contributed by atoms with Crippen molar-refractivity contribution in [1.29, 1.82) is 0 Å². The second-order valence-electron chi connectivity index (χ2n) is 2.67. The Balaban J connectivity index is 1.95. The predicted octanol–water partition coefficient (Wildman–Crippen LogP) is -0.474. The Morgan fingerprint density at radius 3 is 2.62 bits per heavy atom. The zero-order valence-corrected chi connectivity index (χ0v) is 4.91. The topological polar surface area (TPSA) is 24.1 Å². The normalized spacial score (nSPS) is 33.0. The molecular weight excluding hydrogens is 100 g/mol. The standard InChI is InChI=1S/C6H11N2/c1-2-6(1)5-7-3-4-8-6/h1,7-8H,2-5H2. The molecule has 1 heterocycles. The molecule has 2 N–H and O–H groups in total. The van der Waals surface area contributed by atoms with Gasteiger partial charge in [0.2, 0.25) is 0 Å². The van der Waals surface area contributed by atoms with E-state index in [1.165, 1.54) is 6.42 Å². The molecular formula is C6H11N2. The number of hydrogen-bond acceptors (Lipinski definition) is 2. The van der Waals surface area contributed by atoms with Crippen molar-refractivity contribution in [3.8, 4) is 0 Å². The van der Waals surface area contributed by atoms with Gasteiger partial charge in [-0.25, -0.2) is 0 Å². The Labute approximate surface area is 49.7 Å². The summed E-state index contributed by atoms with van der Waals surface area (Å²) in [6, 6.07) is 0. The molecule has 2 heteroatoms. The van der Waals surface area contributed by atoms with Crippen molar-refractivity contribution in [2.45, 2.75) is 12.0 Å². The van der Waals surface area contributed by atoms with Crippen LogP contribution in [0.4, 0.5) is 0 Å². The lowest BCUT2D eigenvalue weighted by Gasteiger charge is -2.23. The van der Waals surface area contributed by atoms with Gasteiger partial charge in [-0.1, -0.05) is 0 Å². The van der Waals surface area contributed by atoms with Gasteiger partial charge in [-0.2, -0.15) is 0 Å². The highest BCUT2D eigenvalue weighted by atomic mass is 15.1. The summed E-state index contributed by atoms with van der Waals surface area (Å²) in [6.45, 7) is 3.42. The zero-order chi connectivity index (χ0) is 5.45. The van der Waals surface area contributed by atoms with Crippen LogP contribution in [0.1, 0.15) is 6.42 Å². The maximum Gasteiger partial charge on any atom is 0.0342 e. The Hall–Kier alpha value is -0.0800. The minimum atomic E-state index is 0.443. The molecule has 1 radical (unpaired) electrons. The van der Waals surface area contributed by atoms with E-state index in [-0.39, 0.29) is 0 Å². The molecule has 0 aromatic heterocycles. The molecule has 2 fully saturated rings. The van der Waals surface area contributed by atoms with Gasteiger partial charge in [0.05, 0.1) is 0 Å². The highest BCUT2D eigenvalue weighted by Gasteiger charge is 2.43. The summed E-state index contributed by atoms with van der Waals surface area (Å²) in [5.41, 5.74) is 0.443.